The van der Waals surface area contributed by atoms with Crippen molar-refractivity contribution in [3.8, 4) is 0 Å². The topological polar surface area (TPSA) is 93.9 Å². The molecule has 9 heteroatoms. The Morgan fingerprint density at radius 3 is 2.56 bits per heavy atom. The van der Waals surface area contributed by atoms with E-state index in [-0.39, 0.29) is 30.5 Å². The number of methoxy groups -OCH3 is 1. The lowest BCUT2D eigenvalue weighted by Gasteiger charge is -2.27. The van der Waals surface area contributed by atoms with Crippen LogP contribution < -0.4 is 0 Å². The van der Waals surface area contributed by atoms with E-state index in [2.05, 4.69) is 0 Å². The number of benzene rings is 1. The summed E-state index contributed by atoms with van der Waals surface area (Å²) in [4.78, 5) is 26.9. The zero-order valence-electron chi connectivity index (χ0n) is 14.7. The number of rotatable bonds is 5. The molecule has 144 valence electrons. The van der Waals surface area contributed by atoms with Crippen LogP contribution in [0.3, 0.4) is 0 Å². The van der Waals surface area contributed by atoms with Gasteiger partial charge in [-0.05, 0) is 18.2 Å². The van der Waals surface area contributed by atoms with Crippen LogP contribution in [0.15, 0.2) is 45.9 Å². The molecule has 27 heavy (non-hydrogen) atoms. The fraction of sp³-hybridized carbons (Fsp3) is 0.333. The fourth-order valence-corrected chi connectivity index (χ4v) is 4.94. The molecule has 1 aliphatic heterocycles. The lowest BCUT2D eigenvalue weighted by Crippen LogP contribution is -2.43. The second-order valence-corrected chi connectivity index (χ2v) is 9.30. The maximum Gasteiger partial charge on any atom is 0.341 e. The normalized spacial score (nSPS) is 16.1. The molecule has 0 radical (unpaired) electrons. The third kappa shape index (κ3) is 4.54. The van der Waals surface area contributed by atoms with E-state index in [1.54, 1.807) is 23.1 Å². The molecule has 1 saturated heterocycles. The Labute approximate surface area is 161 Å². The van der Waals surface area contributed by atoms with E-state index in [1.165, 1.54) is 25.1 Å². The predicted octanol–water partition coefficient (Wildman–Crippen LogP) is 2.23. The highest BCUT2D eigenvalue weighted by molar-refractivity contribution is 7.98. The summed E-state index contributed by atoms with van der Waals surface area (Å²) in [5.41, 5.74) is 0.864. The van der Waals surface area contributed by atoms with Gasteiger partial charge < -0.3 is 14.1 Å². The van der Waals surface area contributed by atoms with Gasteiger partial charge in [-0.3, -0.25) is 4.79 Å². The van der Waals surface area contributed by atoms with Gasteiger partial charge in [0, 0.05) is 18.0 Å². The minimum Gasteiger partial charge on any atom is -0.468 e. The Morgan fingerprint density at radius 1 is 1.15 bits per heavy atom. The van der Waals surface area contributed by atoms with Crippen molar-refractivity contribution in [2.45, 2.75) is 10.6 Å². The highest BCUT2D eigenvalue weighted by Crippen LogP contribution is 2.29. The quantitative estimate of drug-likeness (QED) is 0.552. The summed E-state index contributed by atoms with van der Waals surface area (Å²) in [6.07, 6.45) is 1.42. The minimum absolute atomic E-state index is 0.0110. The zero-order valence-corrected chi connectivity index (χ0v) is 16.3. The first-order valence-corrected chi connectivity index (χ1v) is 11.1. The second kappa shape index (κ2) is 8.18. The monoisotopic (exact) mass is 409 g/mol. The molecule has 1 aromatic heterocycles. The molecule has 7 nitrogen and oxygen atoms in total. The van der Waals surface area contributed by atoms with Crippen molar-refractivity contribution in [3.05, 3.63) is 53.5 Å². The smallest absolute Gasteiger partial charge is 0.341 e. The average Bonchev–Trinajstić information content (AvgIpc) is 3.14. The first-order valence-electron chi connectivity index (χ1n) is 8.27. The second-order valence-electron chi connectivity index (χ2n) is 5.98. The Kier molecular flexibility index (Phi) is 5.91. The van der Waals surface area contributed by atoms with E-state index in [4.69, 9.17) is 9.15 Å². The zero-order chi connectivity index (χ0) is 19.4. The third-order valence-corrected chi connectivity index (χ3v) is 6.94. The van der Waals surface area contributed by atoms with Crippen molar-refractivity contribution in [1.82, 2.24) is 4.90 Å². The summed E-state index contributed by atoms with van der Waals surface area (Å²) in [5.74, 6) is 0.138. The molecule has 1 aliphatic rings. The van der Waals surface area contributed by atoms with Gasteiger partial charge in [0.2, 0.25) is 0 Å². The maximum absolute atomic E-state index is 12.8. The van der Waals surface area contributed by atoms with Gasteiger partial charge in [-0.25, -0.2) is 13.2 Å². The van der Waals surface area contributed by atoms with Gasteiger partial charge in [0.25, 0.3) is 5.91 Å². The Bertz CT molecular complexity index is 936. The molecule has 1 fully saturated rings. The number of hydrogen-bond donors (Lipinski definition) is 0. The molecule has 0 N–H and O–H groups in total. The molecule has 0 aliphatic carbocycles. The number of sulfone groups is 1. The number of hydrogen-bond acceptors (Lipinski definition) is 7. The van der Waals surface area contributed by atoms with Crippen LogP contribution in [0.2, 0.25) is 0 Å². The molecule has 1 amide bonds. The third-order valence-electron chi connectivity index (χ3n) is 4.26. The van der Waals surface area contributed by atoms with Crippen molar-refractivity contribution in [3.63, 3.8) is 0 Å². The van der Waals surface area contributed by atoms with Crippen LogP contribution in [0.25, 0.3) is 0 Å². The van der Waals surface area contributed by atoms with Gasteiger partial charge in [0.1, 0.15) is 11.3 Å². The molecule has 0 bridgehead atoms. The fourth-order valence-electron chi connectivity index (χ4n) is 2.74. The van der Waals surface area contributed by atoms with Gasteiger partial charge in [0.15, 0.2) is 9.84 Å². The standard InChI is InChI=1S/C18H19NO6S2/c1-24-18(21)13-6-9-25-15(13)12-26-16-5-3-2-4-14(16)17(20)19-7-10-27(22,23)11-8-19/h2-6,9H,7-8,10-12H2,1H3. The van der Waals surface area contributed by atoms with Crippen LogP contribution in [0.4, 0.5) is 0 Å². The highest BCUT2D eigenvalue weighted by Gasteiger charge is 2.27. The highest BCUT2D eigenvalue weighted by atomic mass is 32.2. The summed E-state index contributed by atoms with van der Waals surface area (Å²) in [5, 5.41) is 0. The molecule has 0 saturated carbocycles. The number of amides is 1. The summed E-state index contributed by atoms with van der Waals surface area (Å²) < 4.78 is 33.2. The minimum atomic E-state index is -3.05. The van der Waals surface area contributed by atoms with Gasteiger partial charge in [-0.1, -0.05) is 12.1 Å². The van der Waals surface area contributed by atoms with E-state index in [9.17, 15) is 18.0 Å². The van der Waals surface area contributed by atoms with E-state index >= 15 is 0 Å². The van der Waals surface area contributed by atoms with Crippen LogP contribution in [0.5, 0.6) is 0 Å². The van der Waals surface area contributed by atoms with Crippen LogP contribution in [-0.4, -0.2) is 56.9 Å². The van der Waals surface area contributed by atoms with Gasteiger partial charge in [0.05, 0.1) is 36.2 Å². The van der Waals surface area contributed by atoms with Crippen LogP contribution in [0.1, 0.15) is 26.5 Å². The summed E-state index contributed by atoms with van der Waals surface area (Å²) in [7, 11) is -1.75. The molecule has 2 aromatic rings. The SMILES string of the molecule is COC(=O)c1ccoc1CSc1ccccc1C(=O)N1CCS(=O)(=O)CC1. The van der Waals surface area contributed by atoms with Gasteiger partial charge >= 0.3 is 5.97 Å². The molecule has 2 heterocycles. The molecular weight excluding hydrogens is 390 g/mol. The predicted molar refractivity (Wildman–Crippen MR) is 101 cm³/mol. The molecule has 1 aromatic carbocycles. The maximum atomic E-state index is 12.8. The first kappa shape index (κ1) is 19.5. The number of thioether (sulfide) groups is 1. The Balaban J connectivity index is 1.74. The first-order chi connectivity index (χ1) is 12.9. The lowest BCUT2D eigenvalue weighted by atomic mass is 10.2. The largest absolute Gasteiger partial charge is 0.468 e. The lowest BCUT2D eigenvalue weighted by molar-refractivity contribution is 0.0598. The number of esters is 1. The van der Waals surface area contributed by atoms with Gasteiger partial charge in [-0.2, -0.15) is 0 Å². The average molecular weight is 409 g/mol. The molecule has 0 unspecified atom stereocenters. The van der Waals surface area contributed by atoms with Crippen molar-refractivity contribution in [1.29, 1.82) is 0 Å². The number of furan rings is 1. The van der Waals surface area contributed by atoms with E-state index in [1.807, 2.05) is 12.1 Å². The molecule has 3 rings (SSSR count). The van der Waals surface area contributed by atoms with Crippen molar-refractivity contribution in [2.24, 2.45) is 0 Å². The Morgan fingerprint density at radius 2 is 1.85 bits per heavy atom. The number of nitrogens with zero attached hydrogens (tertiary/aromatic N) is 1. The number of carbonyl (C=O) groups excluding carboxylic acids is 2. The van der Waals surface area contributed by atoms with E-state index in [0.29, 0.717) is 22.6 Å². The van der Waals surface area contributed by atoms with Crippen molar-refractivity contribution < 1.29 is 27.2 Å². The van der Waals surface area contributed by atoms with Gasteiger partial charge in [-0.15, -0.1) is 11.8 Å². The molecule has 0 spiro atoms. The van der Waals surface area contributed by atoms with Crippen LogP contribution in [0, 0.1) is 0 Å². The van der Waals surface area contributed by atoms with Crippen molar-refractivity contribution >= 4 is 33.5 Å². The number of ether oxygens (including phenoxy) is 1. The molecular formula is C18H19NO6S2. The summed E-state index contributed by atoms with van der Waals surface area (Å²) >= 11 is 1.37. The number of carbonyl (C=O) groups is 2. The summed E-state index contributed by atoms with van der Waals surface area (Å²) in [6, 6.07) is 8.68. The van der Waals surface area contributed by atoms with Crippen molar-refractivity contribution in [2.75, 3.05) is 31.7 Å². The van der Waals surface area contributed by atoms with Crippen LogP contribution in [-0.2, 0) is 20.3 Å². The molecule has 0 atom stereocenters. The van der Waals surface area contributed by atoms with E-state index in [0.717, 1.165) is 4.90 Å². The van der Waals surface area contributed by atoms with Crippen LogP contribution >= 0.6 is 11.8 Å². The summed E-state index contributed by atoms with van der Waals surface area (Å²) in [6.45, 7) is 0.398. The Hall–Kier alpha value is -2.26. The van der Waals surface area contributed by atoms with E-state index < -0.39 is 15.8 Å².